The maximum Gasteiger partial charge on any atom is 0.342 e. The van der Waals surface area contributed by atoms with E-state index in [1.54, 1.807) is 6.92 Å². The molecule has 2 rings (SSSR count). The van der Waals surface area contributed by atoms with Crippen molar-refractivity contribution in [2.24, 2.45) is 0 Å². The predicted octanol–water partition coefficient (Wildman–Crippen LogP) is 6.54. The van der Waals surface area contributed by atoms with E-state index in [1.807, 2.05) is 0 Å². The fourth-order valence-electron chi connectivity index (χ4n) is 4.10. The van der Waals surface area contributed by atoms with Crippen molar-refractivity contribution in [2.75, 3.05) is 6.61 Å². The van der Waals surface area contributed by atoms with Gasteiger partial charge in [-0.3, -0.25) is 0 Å². The minimum atomic E-state index is -0.529. The number of phenols is 2. The molecule has 0 aliphatic heterocycles. The summed E-state index contributed by atoms with van der Waals surface area (Å²) in [4.78, 5) is 12.1. The van der Waals surface area contributed by atoms with E-state index in [1.165, 1.54) is 69.4 Å². The van der Waals surface area contributed by atoms with Crippen LogP contribution < -0.4 is 4.57 Å². The Hall–Kier alpha value is -2.56. The van der Waals surface area contributed by atoms with E-state index < -0.39 is 5.97 Å². The summed E-state index contributed by atoms with van der Waals surface area (Å²) in [6.45, 7) is 5.28. The van der Waals surface area contributed by atoms with Gasteiger partial charge in [-0.2, -0.15) is 0 Å². The zero-order chi connectivity index (χ0) is 23.9. The number of unbranched alkanes of at least 4 members (excludes halogenated alkanes) is 11. The Kier molecular flexibility index (Phi) is 12.4. The lowest BCUT2D eigenvalue weighted by atomic mass is 10.1. The number of nitrogens with zero attached hydrogens (tertiary/aromatic N) is 1. The van der Waals surface area contributed by atoms with Crippen LogP contribution in [-0.2, 0) is 11.3 Å². The zero-order valence-electron chi connectivity index (χ0n) is 20.5. The number of pyridine rings is 1. The molecule has 1 aromatic heterocycles. The summed E-state index contributed by atoms with van der Waals surface area (Å²) in [5.41, 5.74) is 1.97. The largest absolute Gasteiger partial charge is 0.508 e. The summed E-state index contributed by atoms with van der Waals surface area (Å²) in [7, 11) is 0. The third kappa shape index (κ3) is 10.7. The second-order valence-corrected chi connectivity index (χ2v) is 9.15. The Bertz CT molecular complexity index is 809. The molecule has 5 heteroatoms. The van der Waals surface area contributed by atoms with Crippen LogP contribution in [0.4, 0.5) is 0 Å². The highest BCUT2D eigenvalue weighted by Gasteiger charge is 2.16. The molecule has 5 nitrogen and oxygen atoms in total. The maximum absolute atomic E-state index is 12.1. The van der Waals surface area contributed by atoms with Gasteiger partial charge < -0.3 is 14.9 Å². The number of rotatable bonds is 16. The lowest BCUT2D eigenvalue weighted by Crippen LogP contribution is -2.32. The topological polar surface area (TPSA) is 70.6 Å². The van der Waals surface area contributed by atoms with Crippen molar-refractivity contribution in [3.63, 3.8) is 0 Å². The van der Waals surface area contributed by atoms with Gasteiger partial charge in [0.05, 0.1) is 6.61 Å². The molecular weight excluding hydrogens is 414 g/mol. The Morgan fingerprint density at radius 3 is 1.85 bits per heavy atom. The van der Waals surface area contributed by atoms with Crippen LogP contribution in [0.15, 0.2) is 36.7 Å². The number of aromatic nitrogens is 1. The average Bonchev–Trinajstić information content (AvgIpc) is 2.77. The third-order valence-electron chi connectivity index (χ3n) is 6.11. The van der Waals surface area contributed by atoms with E-state index in [2.05, 4.69) is 36.0 Å². The molecule has 0 saturated carbocycles. The number of carbonyl (C=O) groups excluding carboxylic acids is 1. The Labute approximate surface area is 199 Å². The van der Waals surface area contributed by atoms with Crippen LogP contribution in [0.25, 0.3) is 0 Å². The SMILES string of the molecule is Cc1cc[n+](CCCCCCCCCCCCCCOC(=O)c2c(C)cc(O)cc2O)cc1. The quantitative estimate of drug-likeness (QED) is 0.171. The van der Waals surface area contributed by atoms with Gasteiger partial charge >= 0.3 is 5.97 Å². The molecular formula is C28H42NO4+. The number of aromatic hydroxyl groups is 2. The van der Waals surface area contributed by atoms with Gasteiger partial charge in [-0.25, -0.2) is 9.36 Å². The Balaban J connectivity index is 1.37. The van der Waals surface area contributed by atoms with Crippen LogP contribution in [-0.4, -0.2) is 22.8 Å². The summed E-state index contributed by atoms with van der Waals surface area (Å²) in [5.74, 6) is -0.827. The monoisotopic (exact) mass is 456 g/mol. The van der Waals surface area contributed by atoms with E-state index in [0.29, 0.717) is 12.2 Å². The van der Waals surface area contributed by atoms with Gasteiger partial charge in [-0.1, -0.05) is 57.8 Å². The molecule has 1 aromatic carbocycles. The highest BCUT2D eigenvalue weighted by molar-refractivity contribution is 5.94. The van der Waals surface area contributed by atoms with Crippen LogP contribution in [0.1, 0.15) is 98.5 Å². The lowest BCUT2D eigenvalue weighted by molar-refractivity contribution is -0.697. The number of hydrogen-bond donors (Lipinski definition) is 2. The molecule has 0 amide bonds. The van der Waals surface area contributed by atoms with Crippen molar-refractivity contribution in [3.05, 3.63) is 53.3 Å². The Morgan fingerprint density at radius 2 is 1.30 bits per heavy atom. The zero-order valence-corrected chi connectivity index (χ0v) is 20.5. The van der Waals surface area contributed by atoms with Crippen molar-refractivity contribution in [1.29, 1.82) is 0 Å². The van der Waals surface area contributed by atoms with E-state index >= 15 is 0 Å². The predicted molar refractivity (Wildman–Crippen MR) is 132 cm³/mol. The second kappa shape index (κ2) is 15.3. The second-order valence-electron chi connectivity index (χ2n) is 9.15. The number of ether oxygens (including phenoxy) is 1. The first kappa shape index (κ1) is 26.7. The minimum absolute atomic E-state index is 0.0605. The number of aryl methyl sites for hydroxylation is 3. The first-order chi connectivity index (χ1) is 16.0. The maximum atomic E-state index is 12.1. The summed E-state index contributed by atoms with van der Waals surface area (Å²) in [5, 5.41) is 19.3. The smallest absolute Gasteiger partial charge is 0.342 e. The molecule has 0 saturated heterocycles. The third-order valence-corrected chi connectivity index (χ3v) is 6.11. The van der Waals surface area contributed by atoms with Crippen LogP contribution >= 0.6 is 0 Å². The van der Waals surface area contributed by atoms with E-state index in [0.717, 1.165) is 31.9 Å². The molecule has 0 aliphatic rings. The van der Waals surface area contributed by atoms with E-state index in [9.17, 15) is 15.0 Å². The first-order valence-corrected chi connectivity index (χ1v) is 12.6. The van der Waals surface area contributed by atoms with Crippen LogP contribution in [0, 0.1) is 13.8 Å². The molecule has 0 atom stereocenters. The highest BCUT2D eigenvalue weighted by Crippen LogP contribution is 2.27. The molecule has 2 N–H and O–H groups in total. The fraction of sp³-hybridized carbons (Fsp3) is 0.571. The minimum Gasteiger partial charge on any atom is -0.508 e. The first-order valence-electron chi connectivity index (χ1n) is 12.6. The summed E-state index contributed by atoms with van der Waals surface area (Å²) < 4.78 is 7.55. The molecule has 0 unspecified atom stereocenters. The molecule has 0 fully saturated rings. The average molecular weight is 457 g/mol. The number of benzene rings is 1. The van der Waals surface area contributed by atoms with Gasteiger partial charge in [0, 0.05) is 24.6 Å². The van der Waals surface area contributed by atoms with Crippen molar-refractivity contribution in [1.82, 2.24) is 0 Å². The van der Waals surface area contributed by atoms with Crippen molar-refractivity contribution in [3.8, 4) is 11.5 Å². The van der Waals surface area contributed by atoms with Gasteiger partial charge in [0.15, 0.2) is 12.4 Å². The summed E-state index contributed by atoms with van der Waals surface area (Å²) >= 11 is 0. The molecule has 0 bridgehead atoms. The van der Waals surface area contributed by atoms with Crippen LogP contribution in [0.3, 0.4) is 0 Å². The highest BCUT2D eigenvalue weighted by atomic mass is 16.5. The molecule has 1 heterocycles. The van der Waals surface area contributed by atoms with Crippen molar-refractivity contribution in [2.45, 2.75) is 97.4 Å². The van der Waals surface area contributed by atoms with Crippen LogP contribution in [0.5, 0.6) is 11.5 Å². The normalized spacial score (nSPS) is 11.0. The van der Waals surface area contributed by atoms with Gasteiger partial charge in [0.1, 0.15) is 23.6 Å². The number of carbonyl (C=O) groups is 1. The van der Waals surface area contributed by atoms with Crippen molar-refractivity contribution < 1.29 is 24.3 Å². The molecule has 0 radical (unpaired) electrons. The summed E-state index contributed by atoms with van der Waals surface area (Å²) in [6.07, 6.45) is 19.2. The van der Waals surface area contributed by atoms with Gasteiger partial charge in [-0.15, -0.1) is 0 Å². The fourth-order valence-corrected chi connectivity index (χ4v) is 4.10. The standard InChI is InChI=1S/C28H41NO4/c1-23-15-18-29(19-16-23)17-13-11-9-7-5-3-4-6-8-10-12-14-20-33-28(32)27-24(2)21-25(30)22-26(27)31/h15-16,18-19,21-22H,3-14,17,20H2,1-2H3,(H-,30,31,32)/p+1. The molecule has 182 valence electrons. The molecule has 0 aliphatic carbocycles. The number of esters is 1. The molecule has 0 spiro atoms. The summed E-state index contributed by atoms with van der Waals surface area (Å²) in [6, 6.07) is 6.95. The number of hydrogen-bond acceptors (Lipinski definition) is 4. The van der Waals surface area contributed by atoms with E-state index in [-0.39, 0.29) is 17.1 Å². The Morgan fingerprint density at radius 1 is 0.788 bits per heavy atom. The van der Waals surface area contributed by atoms with Crippen LogP contribution in [0.2, 0.25) is 0 Å². The molecule has 33 heavy (non-hydrogen) atoms. The van der Waals surface area contributed by atoms with Crippen molar-refractivity contribution >= 4 is 5.97 Å². The number of phenolic OH excluding ortho intramolecular Hbond substituents is 2. The molecule has 2 aromatic rings. The van der Waals surface area contributed by atoms with E-state index in [4.69, 9.17) is 4.74 Å². The van der Waals surface area contributed by atoms with Gasteiger partial charge in [-0.05, 0) is 43.9 Å². The van der Waals surface area contributed by atoms with Gasteiger partial charge in [0.25, 0.3) is 0 Å². The van der Waals surface area contributed by atoms with Gasteiger partial charge in [0.2, 0.25) is 0 Å². The lowest BCUT2D eigenvalue weighted by Gasteiger charge is -2.09.